The Labute approximate surface area is 117 Å². The van der Waals surface area contributed by atoms with Gasteiger partial charge < -0.3 is 11.1 Å². The van der Waals surface area contributed by atoms with Gasteiger partial charge in [-0.3, -0.25) is 4.79 Å². The summed E-state index contributed by atoms with van der Waals surface area (Å²) in [7, 11) is 0. The quantitative estimate of drug-likeness (QED) is 0.705. The molecule has 0 spiro atoms. The Bertz CT molecular complexity index is 360. The van der Waals surface area contributed by atoms with E-state index in [0.717, 1.165) is 12.5 Å². The molecule has 0 atom stereocenters. The highest BCUT2D eigenvalue weighted by atomic mass is 16.1. The number of benzene rings is 1. The molecule has 2 aliphatic rings. The zero-order chi connectivity index (χ0) is 14.7. The highest BCUT2D eigenvalue weighted by Crippen LogP contribution is 2.26. The van der Waals surface area contributed by atoms with E-state index in [1.807, 2.05) is 13.8 Å². The summed E-state index contributed by atoms with van der Waals surface area (Å²) >= 11 is 0. The van der Waals surface area contributed by atoms with Gasteiger partial charge in [0.1, 0.15) is 0 Å². The zero-order valence-electron chi connectivity index (χ0n) is 12.7. The molecule has 3 rings (SSSR count). The van der Waals surface area contributed by atoms with E-state index in [2.05, 4.69) is 43.1 Å². The van der Waals surface area contributed by atoms with Gasteiger partial charge in [-0.2, -0.15) is 0 Å². The van der Waals surface area contributed by atoms with Crippen LogP contribution in [0.3, 0.4) is 0 Å². The Morgan fingerprint density at radius 2 is 1.84 bits per heavy atom. The first kappa shape index (κ1) is 17.5. The molecule has 0 aromatic heterocycles. The number of nitrogens with one attached hydrogen (secondary N) is 1. The molecule has 1 aliphatic carbocycles. The molecule has 1 aromatic rings. The highest BCUT2D eigenvalue weighted by molar-refractivity contribution is 5.56. The maximum Gasteiger partial charge on any atom is 0.204 e. The molecule has 3 N–H and O–H groups in total. The molecule has 1 amide bonds. The van der Waals surface area contributed by atoms with Crippen LogP contribution in [0.1, 0.15) is 44.7 Å². The largest absolute Gasteiger partial charge is 0.384 e. The van der Waals surface area contributed by atoms with E-state index >= 15 is 0 Å². The van der Waals surface area contributed by atoms with Gasteiger partial charge in [-0.15, -0.1) is 0 Å². The smallest absolute Gasteiger partial charge is 0.204 e. The summed E-state index contributed by atoms with van der Waals surface area (Å²) in [5, 5.41) is 3.34. The molecule has 0 radical (unpaired) electrons. The molecule has 1 saturated carbocycles. The van der Waals surface area contributed by atoms with E-state index in [9.17, 15) is 0 Å². The van der Waals surface area contributed by atoms with Gasteiger partial charge in [0, 0.05) is 12.2 Å². The summed E-state index contributed by atoms with van der Waals surface area (Å²) in [6, 6.07) is 6.60. The average Bonchev–Trinajstić information content (AvgIpc) is 3.06. The fourth-order valence-corrected chi connectivity index (χ4v) is 1.57. The molecule has 0 saturated heterocycles. The fraction of sp³-hybridized carbons (Fsp3) is 0.562. The van der Waals surface area contributed by atoms with Crippen molar-refractivity contribution in [3.05, 3.63) is 29.3 Å². The molecule has 19 heavy (non-hydrogen) atoms. The molecular formula is C16H28N2O. The van der Waals surface area contributed by atoms with Crippen LogP contribution in [0, 0.1) is 12.8 Å². The van der Waals surface area contributed by atoms with Gasteiger partial charge in [0.2, 0.25) is 6.41 Å². The second-order valence-electron chi connectivity index (χ2n) is 4.66. The third-order valence-electron chi connectivity index (χ3n) is 2.84. The van der Waals surface area contributed by atoms with E-state index in [4.69, 9.17) is 4.79 Å². The van der Waals surface area contributed by atoms with Crippen LogP contribution in [0.25, 0.3) is 0 Å². The van der Waals surface area contributed by atoms with Gasteiger partial charge in [-0.05, 0) is 36.5 Å². The minimum atomic E-state index is 0.250. The minimum Gasteiger partial charge on any atom is -0.384 e. The number of nitrogens with two attached hydrogens (primary N) is 1. The van der Waals surface area contributed by atoms with Crippen LogP contribution < -0.4 is 11.1 Å². The summed E-state index contributed by atoms with van der Waals surface area (Å²) in [4.78, 5) is 8.58. The zero-order valence-corrected chi connectivity index (χ0v) is 12.7. The first-order chi connectivity index (χ1) is 9.17. The summed E-state index contributed by atoms with van der Waals surface area (Å²) < 4.78 is 0. The second-order valence-corrected chi connectivity index (χ2v) is 4.66. The van der Waals surface area contributed by atoms with E-state index in [1.54, 1.807) is 0 Å². The highest BCUT2D eigenvalue weighted by Gasteiger charge is 2.12. The van der Waals surface area contributed by atoms with Crippen molar-refractivity contribution in [3.8, 4) is 0 Å². The normalized spacial score (nSPS) is 14.1. The van der Waals surface area contributed by atoms with Gasteiger partial charge in [0.05, 0.1) is 0 Å². The van der Waals surface area contributed by atoms with Crippen LogP contribution in [-0.2, 0) is 11.2 Å². The van der Waals surface area contributed by atoms with Crippen molar-refractivity contribution in [1.82, 2.24) is 0 Å². The number of fused-ring (bicyclic) bond motifs is 1. The number of hydrogen-bond donors (Lipinski definition) is 2. The number of aryl methyl sites for hydroxylation is 1. The van der Waals surface area contributed by atoms with Gasteiger partial charge in [-0.25, -0.2) is 0 Å². The minimum absolute atomic E-state index is 0.250. The van der Waals surface area contributed by atoms with Crippen molar-refractivity contribution < 1.29 is 4.79 Å². The second kappa shape index (κ2) is 10.4. The number of carbonyl (C=O) groups is 1. The molecule has 1 aromatic carbocycles. The lowest BCUT2D eigenvalue weighted by Crippen LogP contribution is -1.90. The summed E-state index contributed by atoms with van der Waals surface area (Å²) in [5.41, 5.74) is 8.30. The van der Waals surface area contributed by atoms with Gasteiger partial charge in [0.25, 0.3) is 0 Å². The number of primary amides is 1. The van der Waals surface area contributed by atoms with Crippen molar-refractivity contribution in [2.75, 3.05) is 11.9 Å². The van der Waals surface area contributed by atoms with Crippen molar-refractivity contribution in [2.24, 2.45) is 11.7 Å². The molecule has 0 bridgehead atoms. The molecule has 0 unspecified atom stereocenters. The maximum atomic E-state index is 8.58. The topological polar surface area (TPSA) is 55.1 Å². The average molecular weight is 264 g/mol. The lowest BCUT2D eigenvalue weighted by molar-refractivity contribution is -0.106. The van der Waals surface area contributed by atoms with Crippen molar-refractivity contribution in [3.63, 3.8) is 0 Å². The Balaban J connectivity index is 0.000000301. The van der Waals surface area contributed by atoms with Gasteiger partial charge >= 0.3 is 0 Å². The Kier molecular flexibility index (Phi) is 9.59. The number of rotatable bonds is 0. The predicted octanol–water partition coefficient (Wildman–Crippen LogP) is 3.51. The summed E-state index contributed by atoms with van der Waals surface area (Å²) in [6.45, 7) is 9.51. The molecule has 1 fully saturated rings. The standard InChI is InChI=1S/C9H11N.C4H8.C2H6.CH3NO/c1-7-2-3-8-4-5-10-9(8)6-7;1-4-2-3-4;1-2;2-1-3/h2-3,6,10H,4-5H2,1H3;4H,2-3H2,1H3;1-2H3;1H,(H2,2,3). The van der Waals surface area contributed by atoms with E-state index < -0.39 is 0 Å². The molecule has 1 aliphatic heterocycles. The molecule has 1 heterocycles. The first-order valence-corrected chi connectivity index (χ1v) is 7.16. The van der Waals surface area contributed by atoms with Crippen molar-refractivity contribution in [2.45, 2.75) is 47.0 Å². The Morgan fingerprint density at radius 1 is 1.32 bits per heavy atom. The predicted molar refractivity (Wildman–Crippen MR) is 83.4 cm³/mol. The van der Waals surface area contributed by atoms with E-state index in [1.165, 1.54) is 36.1 Å². The number of carbonyl (C=O) groups excluding carboxylic acids is 1. The monoisotopic (exact) mass is 264 g/mol. The Morgan fingerprint density at radius 3 is 2.32 bits per heavy atom. The van der Waals surface area contributed by atoms with Crippen LogP contribution in [0.4, 0.5) is 5.69 Å². The first-order valence-electron chi connectivity index (χ1n) is 7.16. The summed E-state index contributed by atoms with van der Waals surface area (Å²) in [6.07, 6.45) is 4.41. The van der Waals surface area contributed by atoms with Crippen LogP contribution >= 0.6 is 0 Å². The molecule has 108 valence electrons. The van der Waals surface area contributed by atoms with Gasteiger partial charge in [0.15, 0.2) is 0 Å². The Hall–Kier alpha value is -1.51. The van der Waals surface area contributed by atoms with E-state index in [-0.39, 0.29) is 6.41 Å². The van der Waals surface area contributed by atoms with Crippen LogP contribution in [0.2, 0.25) is 0 Å². The number of amides is 1. The lowest BCUT2D eigenvalue weighted by atomic mass is 10.1. The molecule has 3 heteroatoms. The maximum absolute atomic E-state index is 8.58. The fourth-order valence-electron chi connectivity index (χ4n) is 1.57. The van der Waals surface area contributed by atoms with Crippen LogP contribution in [0.15, 0.2) is 18.2 Å². The van der Waals surface area contributed by atoms with E-state index in [0.29, 0.717) is 0 Å². The SMILES string of the molecule is CC.CC1CC1.Cc1ccc2c(c1)NCC2.NC=O. The van der Waals surface area contributed by atoms with Crippen molar-refractivity contribution >= 4 is 12.1 Å². The molecular weight excluding hydrogens is 236 g/mol. The summed E-state index contributed by atoms with van der Waals surface area (Å²) in [5.74, 6) is 1.08. The third-order valence-corrected chi connectivity index (χ3v) is 2.84. The van der Waals surface area contributed by atoms with Crippen LogP contribution in [-0.4, -0.2) is 13.0 Å². The number of anilines is 1. The van der Waals surface area contributed by atoms with Crippen LogP contribution in [0.5, 0.6) is 0 Å². The molecule has 3 nitrogen and oxygen atoms in total. The lowest BCUT2D eigenvalue weighted by Gasteiger charge is -1.98. The van der Waals surface area contributed by atoms with Crippen molar-refractivity contribution in [1.29, 1.82) is 0 Å². The number of hydrogen-bond acceptors (Lipinski definition) is 2. The third kappa shape index (κ3) is 8.25. The van der Waals surface area contributed by atoms with Gasteiger partial charge in [-0.1, -0.05) is 45.7 Å².